The average molecular weight is 605 g/mol. The molecule has 4 aromatic rings. The van der Waals surface area contributed by atoms with Gasteiger partial charge in [0.05, 0.1) is 19.1 Å². The van der Waals surface area contributed by atoms with Crippen molar-refractivity contribution < 1.29 is 23.8 Å². The first-order valence-electron chi connectivity index (χ1n) is 15.7. The molecule has 0 N–H and O–H groups in total. The molecule has 2 heterocycles. The Kier molecular flexibility index (Phi) is 9.29. The van der Waals surface area contributed by atoms with Crippen molar-refractivity contribution in [3.05, 3.63) is 138 Å². The number of amides is 2. The number of benzene rings is 4. The summed E-state index contributed by atoms with van der Waals surface area (Å²) in [5.74, 6) is -2.63. The molecule has 2 aliphatic rings. The number of carbonyl (C=O) groups is 2. The van der Waals surface area contributed by atoms with Crippen LogP contribution < -0.4 is 4.90 Å². The van der Waals surface area contributed by atoms with E-state index in [9.17, 15) is 9.59 Å². The van der Waals surface area contributed by atoms with E-state index in [2.05, 4.69) is 78.6 Å². The highest BCUT2D eigenvalue weighted by molar-refractivity contribution is 5.96. The molecule has 0 saturated carbocycles. The summed E-state index contributed by atoms with van der Waals surface area (Å²) in [6, 6.07) is 38.3. The lowest BCUT2D eigenvalue weighted by atomic mass is 9.78. The summed E-state index contributed by atoms with van der Waals surface area (Å²) in [5, 5.41) is 0. The second-order valence-electron chi connectivity index (χ2n) is 11.8. The largest absolute Gasteiger partial charge is 0.446 e. The highest BCUT2D eigenvalue weighted by Crippen LogP contribution is 2.44. The predicted octanol–water partition coefficient (Wildman–Crippen LogP) is 7.49. The lowest BCUT2D eigenvalue weighted by Gasteiger charge is -2.39. The number of hydrogen-bond acceptors (Lipinski definition) is 6. The van der Waals surface area contributed by atoms with Gasteiger partial charge in [-0.05, 0) is 47.7 Å². The topological polar surface area (TPSA) is 68.3 Å². The zero-order valence-electron chi connectivity index (χ0n) is 25.9. The fourth-order valence-corrected chi connectivity index (χ4v) is 6.67. The quantitative estimate of drug-likeness (QED) is 0.177. The molecule has 2 saturated heterocycles. The number of nitrogens with zero attached hydrogens (tertiary/aromatic N) is 2. The standard InChI is InChI=1S/C38H40N2O5/c1-3-33(31-20-13-21-32(24-31)39(25-28-14-7-4-8-15-28)26-29-16-9-5-10-17-29)35(38(2)44-22-23-45-38)36(41)40-34(27-43-37(40)42)30-18-11-6-12-19-30/h4-21,24,33-35H,3,22-23,25-27H2,1-2H3/t33-,34+,35?/m0/s1. The lowest BCUT2D eigenvalue weighted by molar-refractivity contribution is -0.196. The zero-order chi connectivity index (χ0) is 31.2. The van der Waals surface area contributed by atoms with Crippen LogP contribution in [0.25, 0.3) is 0 Å². The van der Waals surface area contributed by atoms with Crippen molar-refractivity contribution in [3.8, 4) is 0 Å². The lowest BCUT2D eigenvalue weighted by Crippen LogP contribution is -2.51. The number of hydrogen-bond donors (Lipinski definition) is 0. The van der Waals surface area contributed by atoms with Crippen LogP contribution in [0.4, 0.5) is 10.5 Å². The van der Waals surface area contributed by atoms with Crippen molar-refractivity contribution >= 4 is 17.7 Å². The Morgan fingerprint density at radius 1 is 0.844 bits per heavy atom. The number of rotatable bonds is 11. The molecule has 1 unspecified atom stereocenters. The summed E-state index contributed by atoms with van der Waals surface area (Å²) in [6.07, 6.45) is -0.000675. The Bertz CT molecular complexity index is 1530. The number of cyclic esters (lactones) is 1. The third-order valence-corrected chi connectivity index (χ3v) is 8.92. The summed E-state index contributed by atoms with van der Waals surface area (Å²) in [7, 11) is 0. The smallest absolute Gasteiger partial charge is 0.417 e. The Morgan fingerprint density at radius 3 is 2.00 bits per heavy atom. The molecule has 7 nitrogen and oxygen atoms in total. The predicted molar refractivity (Wildman–Crippen MR) is 173 cm³/mol. The first kappa shape index (κ1) is 30.6. The van der Waals surface area contributed by atoms with E-state index in [4.69, 9.17) is 14.2 Å². The number of carbonyl (C=O) groups excluding carboxylic acids is 2. The molecule has 0 radical (unpaired) electrons. The van der Waals surface area contributed by atoms with E-state index in [1.807, 2.05) is 55.5 Å². The molecule has 7 heteroatoms. The Morgan fingerprint density at radius 2 is 1.42 bits per heavy atom. The van der Waals surface area contributed by atoms with Crippen molar-refractivity contribution in [2.45, 2.75) is 51.1 Å². The van der Waals surface area contributed by atoms with Gasteiger partial charge < -0.3 is 19.1 Å². The summed E-state index contributed by atoms with van der Waals surface area (Å²) < 4.78 is 17.8. The summed E-state index contributed by atoms with van der Waals surface area (Å²) in [4.78, 5) is 31.4. The maximum Gasteiger partial charge on any atom is 0.417 e. The van der Waals surface area contributed by atoms with Gasteiger partial charge in [0.25, 0.3) is 0 Å². The minimum absolute atomic E-state index is 0.111. The van der Waals surface area contributed by atoms with Crippen LogP contribution in [0.15, 0.2) is 115 Å². The van der Waals surface area contributed by atoms with Gasteiger partial charge in [0.1, 0.15) is 12.6 Å². The molecule has 4 aromatic carbocycles. The monoisotopic (exact) mass is 604 g/mol. The summed E-state index contributed by atoms with van der Waals surface area (Å²) >= 11 is 0. The summed E-state index contributed by atoms with van der Waals surface area (Å²) in [6.45, 7) is 6.21. The molecule has 2 aliphatic heterocycles. The molecule has 0 aromatic heterocycles. The van der Waals surface area contributed by atoms with Crippen LogP contribution in [0.2, 0.25) is 0 Å². The zero-order valence-corrected chi connectivity index (χ0v) is 25.9. The van der Waals surface area contributed by atoms with Gasteiger partial charge in [0, 0.05) is 24.7 Å². The van der Waals surface area contributed by atoms with Crippen LogP contribution >= 0.6 is 0 Å². The molecule has 0 bridgehead atoms. The minimum Gasteiger partial charge on any atom is -0.446 e. The second kappa shape index (κ2) is 13.7. The van der Waals surface area contributed by atoms with Crippen molar-refractivity contribution in [1.29, 1.82) is 0 Å². The third-order valence-electron chi connectivity index (χ3n) is 8.92. The van der Waals surface area contributed by atoms with Crippen molar-refractivity contribution in [2.24, 2.45) is 5.92 Å². The number of anilines is 1. The molecule has 45 heavy (non-hydrogen) atoms. The van der Waals surface area contributed by atoms with Gasteiger partial charge in [-0.1, -0.05) is 110 Å². The number of ether oxygens (including phenoxy) is 3. The van der Waals surface area contributed by atoms with E-state index in [0.717, 1.165) is 29.9 Å². The molecule has 3 atom stereocenters. The van der Waals surface area contributed by atoms with Gasteiger partial charge in [-0.2, -0.15) is 0 Å². The van der Waals surface area contributed by atoms with Crippen molar-refractivity contribution in [1.82, 2.24) is 4.90 Å². The second-order valence-corrected chi connectivity index (χ2v) is 11.8. The van der Waals surface area contributed by atoms with Gasteiger partial charge in [-0.25, -0.2) is 9.69 Å². The highest BCUT2D eigenvalue weighted by atomic mass is 16.7. The van der Waals surface area contributed by atoms with E-state index >= 15 is 0 Å². The Hall–Kier alpha value is -4.46. The molecule has 2 fully saturated rings. The molecule has 0 aliphatic carbocycles. The Labute approximate surface area is 265 Å². The van der Waals surface area contributed by atoms with E-state index in [-0.39, 0.29) is 18.4 Å². The first-order valence-corrected chi connectivity index (χ1v) is 15.7. The normalized spacial score (nSPS) is 18.8. The highest BCUT2D eigenvalue weighted by Gasteiger charge is 2.53. The summed E-state index contributed by atoms with van der Waals surface area (Å²) in [5.41, 5.74) is 5.30. The van der Waals surface area contributed by atoms with Crippen LogP contribution in [-0.2, 0) is 32.1 Å². The van der Waals surface area contributed by atoms with E-state index in [1.54, 1.807) is 0 Å². The van der Waals surface area contributed by atoms with Crippen LogP contribution in [-0.4, -0.2) is 42.5 Å². The maximum absolute atomic E-state index is 14.7. The minimum atomic E-state index is -1.20. The molecule has 0 spiro atoms. The SMILES string of the molecule is CC[C@@H](c1cccc(N(Cc2ccccc2)Cc2ccccc2)c1)C(C(=O)N1C(=O)OC[C@@H]1c1ccccc1)C1(C)OCCO1. The van der Waals surface area contributed by atoms with Crippen LogP contribution in [0.1, 0.15) is 54.5 Å². The van der Waals surface area contributed by atoms with Crippen molar-refractivity contribution in [3.63, 3.8) is 0 Å². The van der Waals surface area contributed by atoms with Gasteiger partial charge in [0.15, 0.2) is 5.79 Å². The fraction of sp³-hybridized carbons (Fsp3) is 0.316. The fourth-order valence-electron chi connectivity index (χ4n) is 6.67. The maximum atomic E-state index is 14.7. The average Bonchev–Trinajstić information content (AvgIpc) is 3.70. The number of imide groups is 1. The molecule has 232 valence electrons. The van der Waals surface area contributed by atoms with E-state index in [0.29, 0.717) is 19.6 Å². The van der Waals surface area contributed by atoms with Gasteiger partial charge in [-0.15, -0.1) is 0 Å². The van der Waals surface area contributed by atoms with Crippen LogP contribution in [0.5, 0.6) is 0 Å². The third kappa shape index (κ3) is 6.65. The van der Waals surface area contributed by atoms with Gasteiger partial charge in [-0.3, -0.25) is 4.79 Å². The van der Waals surface area contributed by atoms with E-state index < -0.39 is 23.8 Å². The van der Waals surface area contributed by atoms with Crippen LogP contribution in [0, 0.1) is 5.92 Å². The van der Waals surface area contributed by atoms with Gasteiger partial charge >= 0.3 is 6.09 Å². The van der Waals surface area contributed by atoms with Gasteiger partial charge in [0.2, 0.25) is 5.91 Å². The molecule has 6 rings (SSSR count). The molecular weight excluding hydrogens is 564 g/mol. The van der Waals surface area contributed by atoms with Crippen molar-refractivity contribution in [2.75, 3.05) is 24.7 Å². The first-order chi connectivity index (χ1) is 22.0. The molecule has 2 amide bonds. The Balaban J connectivity index is 1.37. The van der Waals surface area contributed by atoms with E-state index in [1.165, 1.54) is 16.0 Å². The van der Waals surface area contributed by atoms with Crippen LogP contribution in [0.3, 0.4) is 0 Å². The molecular formula is C38H40N2O5.